The maximum Gasteiger partial charge on any atom is 0.100 e. The molecule has 0 saturated heterocycles. The molecule has 2 heterocycles. The molecule has 44 heavy (non-hydrogen) atoms. The number of hydrogen-bond donors (Lipinski definition) is 1. The van der Waals surface area contributed by atoms with Gasteiger partial charge in [-0.1, -0.05) is 127 Å². The Hall–Kier alpha value is -6.00. The van der Waals surface area contributed by atoms with Gasteiger partial charge in [0.2, 0.25) is 0 Å². The number of para-hydroxylation sites is 3. The van der Waals surface area contributed by atoms with Crippen molar-refractivity contribution in [3.8, 4) is 5.69 Å². The topological polar surface area (TPSA) is 46.1 Å². The van der Waals surface area contributed by atoms with E-state index in [2.05, 4.69) is 100 Å². The predicted molar refractivity (Wildman–Crippen MR) is 185 cm³/mol. The van der Waals surface area contributed by atoms with Crippen molar-refractivity contribution in [2.75, 3.05) is 0 Å². The van der Waals surface area contributed by atoms with E-state index in [0.29, 0.717) is 5.71 Å². The van der Waals surface area contributed by atoms with E-state index in [1.54, 1.807) is 0 Å². The Kier molecular flexibility index (Phi) is 6.24. The van der Waals surface area contributed by atoms with E-state index in [4.69, 9.17) is 10.4 Å². The fourth-order valence-corrected chi connectivity index (χ4v) is 6.26. The normalized spacial score (nSPS) is 12.2. The molecular formula is C40H28N4. The highest BCUT2D eigenvalue weighted by molar-refractivity contribution is 6.25. The SMILES string of the molecule is N=C(/C=C(\N=Cn1c2ccccc2c2ccc3c4ccccc4n(-c4ccccc4)c3c21)c1ccccc1)c1ccccc1. The number of aromatic nitrogens is 2. The number of aliphatic imine (C=N–C) groups is 1. The van der Waals surface area contributed by atoms with Crippen LogP contribution in [0.2, 0.25) is 0 Å². The van der Waals surface area contributed by atoms with Crippen LogP contribution in [0.1, 0.15) is 11.1 Å². The molecule has 0 amide bonds. The Morgan fingerprint density at radius 2 is 1.02 bits per heavy atom. The molecule has 1 N–H and O–H groups in total. The highest BCUT2D eigenvalue weighted by atomic mass is 15.1. The maximum atomic E-state index is 8.86. The van der Waals surface area contributed by atoms with E-state index in [-0.39, 0.29) is 0 Å². The van der Waals surface area contributed by atoms with Crippen LogP contribution >= 0.6 is 0 Å². The lowest BCUT2D eigenvalue weighted by molar-refractivity contribution is 1.18. The molecule has 8 rings (SSSR count). The number of allylic oxidation sites excluding steroid dienone is 1. The van der Waals surface area contributed by atoms with E-state index >= 15 is 0 Å². The van der Waals surface area contributed by atoms with Gasteiger partial charge in [0.25, 0.3) is 0 Å². The predicted octanol–water partition coefficient (Wildman–Crippen LogP) is 9.88. The molecule has 0 spiro atoms. The first-order valence-electron chi connectivity index (χ1n) is 14.7. The highest BCUT2D eigenvalue weighted by Gasteiger charge is 2.19. The van der Waals surface area contributed by atoms with Crippen LogP contribution in [0.25, 0.3) is 55.0 Å². The third kappa shape index (κ3) is 4.24. The van der Waals surface area contributed by atoms with Crippen molar-refractivity contribution in [1.29, 1.82) is 5.41 Å². The molecule has 0 atom stereocenters. The standard InChI is InChI=1S/C40H28N4/c41-35(28-14-4-1-5-15-28)26-36(29-16-6-2-7-17-29)42-27-43-37-22-12-10-20-31(37)33-24-25-34-32-21-11-13-23-38(32)44(40(34)39(33)43)30-18-8-3-9-19-30/h1-27,41H/b36-26-,41-35?,42-27?. The average molecular weight is 565 g/mol. The summed E-state index contributed by atoms with van der Waals surface area (Å²) in [4.78, 5) is 5.11. The van der Waals surface area contributed by atoms with Gasteiger partial charge < -0.3 is 9.98 Å². The number of fused-ring (bicyclic) bond motifs is 7. The summed E-state index contributed by atoms with van der Waals surface area (Å²) in [6.07, 6.45) is 3.78. The summed E-state index contributed by atoms with van der Waals surface area (Å²) in [6, 6.07) is 52.1. The molecule has 0 fully saturated rings. The molecule has 0 unspecified atom stereocenters. The monoisotopic (exact) mass is 564 g/mol. The van der Waals surface area contributed by atoms with Crippen molar-refractivity contribution in [2.45, 2.75) is 0 Å². The Morgan fingerprint density at radius 3 is 1.70 bits per heavy atom. The first-order valence-corrected chi connectivity index (χ1v) is 14.7. The Morgan fingerprint density at radius 1 is 0.500 bits per heavy atom. The van der Waals surface area contributed by atoms with Gasteiger partial charge in [0, 0.05) is 32.8 Å². The largest absolute Gasteiger partial charge is 0.307 e. The third-order valence-electron chi connectivity index (χ3n) is 8.27. The van der Waals surface area contributed by atoms with Gasteiger partial charge in [-0.3, -0.25) is 4.57 Å². The highest BCUT2D eigenvalue weighted by Crippen LogP contribution is 2.39. The van der Waals surface area contributed by atoms with Crippen LogP contribution in [0, 0.1) is 5.41 Å². The molecule has 8 aromatic rings. The summed E-state index contributed by atoms with van der Waals surface area (Å²) in [7, 11) is 0. The Labute approximate surface area is 255 Å². The lowest BCUT2D eigenvalue weighted by Gasteiger charge is -2.10. The first kappa shape index (κ1) is 25.7. The van der Waals surface area contributed by atoms with E-state index in [1.165, 1.54) is 21.5 Å². The fraction of sp³-hybridized carbons (Fsp3) is 0. The fourth-order valence-electron chi connectivity index (χ4n) is 6.26. The number of hydrogen-bond acceptors (Lipinski definition) is 2. The van der Waals surface area contributed by atoms with E-state index < -0.39 is 0 Å². The van der Waals surface area contributed by atoms with Crippen LogP contribution in [-0.4, -0.2) is 21.2 Å². The molecular weight excluding hydrogens is 536 g/mol. The molecule has 2 aromatic heterocycles. The lowest BCUT2D eigenvalue weighted by Crippen LogP contribution is -2.00. The van der Waals surface area contributed by atoms with Crippen molar-refractivity contribution in [3.05, 3.63) is 169 Å². The van der Waals surface area contributed by atoms with Crippen LogP contribution in [0.15, 0.2) is 163 Å². The van der Waals surface area contributed by atoms with Gasteiger partial charge >= 0.3 is 0 Å². The van der Waals surface area contributed by atoms with Crippen LogP contribution in [0.3, 0.4) is 0 Å². The number of benzene rings is 6. The van der Waals surface area contributed by atoms with E-state index in [0.717, 1.165) is 44.6 Å². The van der Waals surface area contributed by atoms with Gasteiger partial charge in [-0.15, -0.1) is 0 Å². The summed E-state index contributed by atoms with van der Waals surface area (Å²) >= 11 is 0. The second-order valence-electron chi connectivity index (χ2n) is 10.9. The van der Waals surface area contributed by atoms with Crippen LogP contribution in [-0.2, 0) is 0 Å². The lowest BCUT2D eigenvalue weighted by atomic mass is 10.1. The molecule has 4 nitrogen and oxygen atoms in total. The van der Waals surface area contributed by atoms with Gasteiger partial charge in [0.15, 0.2) is 0 Å². The van der Waals surface area contributed by atoms with Crippen LogP contribution < -0.4 is 0 Å². The molecule has 6 aromatic carbocycles. The van der Waals surface area contributed by atoms with Gasteiger partial charge in [-0.05, 0) is 35.9 Å². The molecule has 4 heteroatoms. The first-order chi connectivity index (χ1) is 21.8. The second kappa shape index (κ2) is 10.7. The van der Waals surface area contributed by atoms with Crippen LogP contribution in [0.4, 0.5) is 0 Å². The second-order valence-corrected chi connectivity index (χ2v) is 10.9. The van der Waals surface area contributed by atoms with Crippen molar-refractivity contribution >= 4 is 61.4 Å². The average Bonchev–Trinajstić information content (AvgIpc) is 3.60. The summed E-state index contributed by atoms with van der Waals surface area (Å²) in [5, 5.41) is 13.6. The third-order valence-corrected chi connectivity index (χ3v) is 8.27. The zero-order chi connectivity index (χ0) is 29.5. The molecule has 0 saturated carbocycles. The zero-order valence-electron chi connectivity index (χ0n) is 23.9. The smallest absolute Gasteiger partial charge is 0.100 e. The van der Waals surface area contributed by atoms with Gasteiger partial charge in [0.1, 0.15) is 6.34 Å². The number of rotatable bonds is 6. The summed E-state index contributed by atoms with van der Waals surface area (Å²) in [5.74, 6) is 0. The molecule has 208 valence electrons. The van der Waals surface area contributed by atoms with Crippen molar-refractivity contribution in [1.82, 2.24) is 9.13 Å². The minimum absolute atomic E-state index is 0.412. The van der Waals surface area contributed by atoms with Gasteiger partial charge in [-0.25, -0.2) is 4.99 Å². The van der Waals surface area contributed by atoms with Crippen molar-refractivity contribution in [3.63, 3.8) is 0 Å². The van der Waals surface area contributed by atoms with Crippen LogP contribution in [0.5, 0.6) is 0 Å². The van der Waals surface area contributed by atoms with E-state index in [1.807, 2.05) is 73.1 Å². The Bertz CT molecular complexity index is 2380. The number of nitrogens with zero attached hydrogens (tertiary/aromatic N) is 3. The molecule has 0 aliphatic rings. The molecule has 0 radical (unpaired) electrons. The quantitative estimate of drug-likeness (QED) is 0.154. The molecule has 0 bridgehead atoms. The van der Waals surface area contributed by atoms with Crippen molar-refractivity contribution in [2.24, 2.45) is 4.99 Å². The zero-order valence-corrected chi connectivity index (χ0v) is 23.9. The summed E-state index contributed by atoms with van der Waals surface area (Å²) in [6.45, 7) is 0. The molecule has 0 aliphatic carbocycles. The van der Waals surface area contributed by atoms with Gasteiger partial charge in [-0.2, -0.15) is 0 Å². The Balaban J connectivity index is 1.43. The maximum absolute atomic E-state index is 8.86. The molecule has 0 aliphatic heterocycles. The minimum Gasteiger partial charge on any atom is -0.307 e. The van der Waals surface area contributed by atoms with Crippen molar-refractivity contribution < 1.29 is 0 Å². The van der Waals surface area contributed by atoms with Gasteiger partial charge in [0.05, 0.1) is 33.5 Å². The van der Waals surface area contributed by atoms with E-state index in [9.17, 15) is 0 Å². The summed E-state index contributed by atoms with van der Waals surface area (Å²) < 4.78 is 4.59. The minimum atomic E-state index is 0.412. The summed E-state index contributed by atoms with van der Waals surface area (Å²) in [5.41, 5.74) is 8.52. The number of nitrogens with one attached hydrogen (secondary N) is 1.